The van der Waals surface area contributed by atoms with Gasteiger partial charge < -0.3 is 9.15 Å². The normalized spacial score (nSPS) is 12.2. The molecule has 136 valence electrons. The van der Waals surface area contributed by atoms with Crippen LogP contribution in [0.1, 0.15) is 0 Å². The molecule has 0 bridgehead atoms. The van der Waals surface area contributed by atoms with Gasteiger partial charge in [-0.05, 0) is 60.7 Å². The van der Waals surface area contributed by atoms with Crippen molar-refractivity contribution in [3.05, 3.63) is 77.8 Å². The van der Waals surface area contributed by atoms with Gasteiger partial charge in [0.1, 0.15) is 22.1 Å². The molecule has 1 unspecified atom stereocenters. The maximum absolute atomic E-state index is 13.2. The quantitative estimate of drug-likeness (QED) is 0.378. The van der Waals surface area contributed by atoms with E-state index >= 15 is 0 Å². The van der Waals surface area contributed by atoms with E-state index in [0.717, 1.165) is 20.9 Å². The fourth-order valence-corrected chi connectivity index (χ4v) is 5.08. The van der Waals surface area contributed by atoms with E-state index in [9.17, 15) is 4.21 Å². The van der Waals surface area contributed by atoms with Gasteiger partial charge in [-0.2, -0.15) is 0 Å². The van der Waals surface area contributed by atoms with E-state index in [1.807, 2.05) is 48.5 Å². The summed E-state index contributed by atoms with van der Waals surface area (Å²) >= 11 is 7.51. The molecule has 0 radical (unpaired) electrons. The Morgan fingerprint density at radius 2 is 1.67 bits per heavy atom. The number of furan rings is 1. The zero-order valence-corrected chi connectivity index (χ0v) is 16.7. The molecular weight excluding hydrogens is 400 g/mol. The molecule has 4 aromatic rings. The highest BCUT2D eigenvalue weighted by atomic mass is 35.5. The molecule has 3 aromatic carbocycles. The van der Waals surface area contributed by atoms with Crippen LogP contribution < -0.4 is 4.74 Å². The van der Waals surface area contributed by atoms with Crippen molar-refractivity contribution < 1.29 is 13.4 Å². The Morgan fingerprint density at radius 3 is 2.37 bits per heavy atom. The van der Waals surface area contributed by atoms with Gasteiger partial charge in [0.05, 0.1) is 12.0 Å². The Labute approximate surface area is 168 Å². The lowest BCUT2D eigenvalue weighted by Gasteiger charge is -2.05. The van der Waals surface area contributed by atoms with Crippen LogP contribution in [0.5, 0.6) is 5.75 Å². The maximum atomic E-state index is 13.2. The molecule has 3 nitrogen and oxygen atoms in total. The van der Waals surface area contributed by atoms with Crippen molar-refractivity contribution in [2.75, 3.05) is 7.11 Å². The molecular formula is C21H15ClO3S2. The molecule has 0 spiro atoms. The Kier molecular flexibility index (Phi) is 5.25. The maximum Gasteiger partial charge on any atom is 0.210 e. The minimum absolute atomic E-state index is 0.446. The SMILES string of the molecule is COc1ccc(S(=O)c2oc3ccccc3c2Sc2ccc(Cl)cc2)cc1. The number of halogens is 1. The number of para-hydroxylation sites is 1. The molecule has 0 N–H and O–H groups in total. The zero-order valence-electron chi connectivity index (χ0n) is 14.3. The van der Waals surface area contributed by atoms with Crippen LogP contribution in [-0.4, -0.2) is 11.3 Å². The summed E-state index contributed by atoms with van der Waals surface area (Å²) in [6.45, 7) is 0. The second-order valence-electron chi connectivity index (χ2n) is 5.72. The summed E-state index contributed by atoms with van der Waals surface area (Å²) in [7, 11) is 0.155. The Bertz CT molecular complexity index is 1100. The van der Waals surface area contributed by atoms with E-state index in [4.69, 9.17) is 20.8 Å². The van der Waals surface area contributed by atoms with Crippen molar-refractivity contribution in [2.24, 2.45) is 0 Å². The lowest BCUT2D eigenvalue weighted by molar-refractivity contribution is 0.414. The van der Waals surface area contributed by atoms with Gasteiger partial charge in [0.15, 0.2) is 0 Å². The number of hydrogen-bond acceptors (Lipinski definition) is 4. The first-order chi connectivity index (χ1) is 13.2. The highest BCUT2D eigenvalue weighted by Gasteiger charge is 2.21. The predicted octanol–water partition coefficient (Wildman–Crippen LogP) is 6.41. The predicted molar refractivity (Wildman–Crippen MR) is 109 cm³/mol. The number of ether oxygens (including phenoxy) is 1. The van der Waals surface area contributed by atoms with Crippen molar-refractivity contribution in [1.82, 2.24) is 0 Å². The summed E-state index contributed by atoms with van der Waals surface area (Å²) in [5.74, 6) is 0.719. The molecule has 1 heterocycles. The van der Waals surface area contributed by atoms with Crippen molar-refractivity contribution >= 4 is 45.1 Å². The topological polar surface area (TPSA) is 39.4 Å². The molecule has 0 fully saturated rings. The molecule has 1 atom stereocenters. The third kappa shape index (κ3) is 3.76. The average Bonchev–Trinajstić information content (AvgIpc) is 3.08. The van der Waals surface area contributed by atoms with Gasteiger partial charge in [-0.1, -0.05) is 35.5 Å². The van der Waals surface area contributed by atoms with Crippen LogP contribution in [0.25, 0.3) is 11.0 Å². The van der Waals surface area contributed by atoms with Crippen molar-refractivity contribution in [3.8, 4) is 5.75 Å². The number of methoxy groups -OCH3 is 1. The van der Waals surface area contributed by atoms with Crippen molar-refractivity contribution in [3.63, 3.8) is 0 Å². The zero-order chi connectivity index (χ0) is 18.8. The Hall–Kier alpha value is -2.21. The van der Waals surface area contributed by atoms with E-state index in [1.165, 1.54) is 11.8 Å². The highest BCUT2D eigenvalue weighted by Crippen LogP contribution is 2.41. The first-order valence-corrected chi connectivity index (χ1v) is 10.5. The van der Waals surface area contributed by atoms with E-state index in [0.29, 0.717) is 20.6 Å². The fraction of sp³-hybridized carbons (Fsp3) is 0.0476. The van der Waals surface area contributed by atoms with Crippen LogP contribution in [0, 0.1) is 0 Å². The molecule has 6 heteroatoms. The summed E-state index contributed by atoms with van der Waals surface area (Å²) in [4.78, 5) is 2.51. The summed E-state index contributed by atoms with van der Waals surface area (Å²) < 4.78 is 24.4. The van der Waals surface area contributed by atoms with Gasteiger partial charge in [-0.25, -0.2) is 4.21 Å². The Balaban J connectivity index is 1.79. The Morgan fingerprint density at radius 1 is 0.963 bits per heavy atom. The smallest absolute Gasteiger partial charge is 0.210 e. The molecule has 0 saturated heterocycles. The van der Waals surface area contributed by atoms with E-state index in [1.54, 1.807) is 31.4 Å². The average molecular weight is 415 g/mol. The molecule has 0 aliphatic rings. The summed E-state index contributed by atoms with van der Waals surface area (Å²) in [6.07, 6.45) is 0. The third-order valence-electron chi connectivity index (χ3n) is 4.00. The molecule has 1 aromatic heterocycles. The minimum Gasteiger partial charge on any atom is -0.497 e. The van der Waals surface area contributed by atoms with Gasteiger partial charge in [0.25, 0.3) is 0 Å². The molecule has 0 saturated carbocycles. The number of fused-ring (bicyclic) bond motifs is 1. The summed E-state index contributed by atoms with van der Waals surface area (Å²) in [5.41, 5.74) is 0.714. The van der Waals surface area contributed by atoms with Crippen LogP contribution in [0.4, 0.5) is 0 Å². The van der Waals surface area contributed by atoms with Crippen LogP contribution in [0.15, 0.2) is 97.0 Å². The molecule has 4 rings (SSSR count). The first-order valence-electron chi connectivity index (χ1n) is 8.16. The second-order valence-corrected chi connectivity index (χ2v) is 8.61. The summed E-state index contributed by atoms with van der Waals surface area (Å²) in [6, 6.07) is 22.4. The standard InChI is InChI=1S/C21H15ClO3S2/c1-24-15-8-12-17(13-9-15)27(23)21-20(18-4-2-3-5-19(18)25-21)26-16-10-6-14(22)7-11-16/h2-13H,1H3. The summed E-state index contributed by atoms with van der Waals surface area (Å²) in [5, 5.41) is 2.06. The van der Waals surface area contributed by atoms with Crippen LogP contribution in [0.3, 0.4) is 0 Å². The van der Waals surface area contributed by atoms with Crippen LogP contribution in [-0.2, 0) is 10.8 Å². The number of benzene rings is 3. The monoisotopic (exact) mass is 414 g/mol. The number of hydrogen-bond donors (Lipinski definition) is 0. The molecule has 27 heavy (non-hydrogen) atoms. The lowest BCUT2D eigenvalue weighted by Crippen LogP contribution is -1.93. The van der Waals surface area contributed by atoms with Gasteiger partial charge in [0.2, 0.25) is 5.09 Å². The van der Waals surface area contributed by atoms with Crippen LogP contribution >= 0.6 is 23.4 Å². The van der Waals surface area contributed by atoms with E-state index < -0.39 is 10.8 Å². The number of rotatable bonds is 5. The van der Waals surface area contributed by atoms with E-state index in [2.05, 4.69) is 0 Å². The second kappa shape index (κ2) is 7.80. The largest absolute Gasteiger partial charge is 0.497 e. The van der Waals surface area contributed by atoms with Crippen molar-refractivity contribution in [2.45, 2.75) is 19.8 Å². The third-order valence-corrected chi connectivity index (χ3v) is 6.82. The van der Waals surface area contributed by atoms with Crippen LogP contribution in [0.2, 0.25) is 5.02 Å². The lowest BCUT2D eigenvalue weighted by atomic mass is 10.3. The first kappa shape index (κ1) is 18.2. The molecule has 0 amide bonds. The van der Waals surface area contributed by atoms with Crippen molar-refractivity contribution in [1.29, 1.82) is 0 Å². The van der Waals surface area contributed by atoms with Gasteiger partial charge in [-0.3, -0.25) is 0 Å². The fourth-order valence-electron chi connectivity index (χ4n) is 2.64. The van der Waals surface area contributed by atoms with Gasteiger partial charge in [0, 0.05) is 20.2 Å². The highest BCUT2D eigenvalue weighted by molar-refractivity contribution is 8.00. The molecule has 0 aliphatic carbocycles. The molecule has 0 aliphatic heterocycles. The minimum atomic E-state index is -1.45. The van der Waals surface area contributed by atoms with E-state index in [-0.39, 0.29) is 0 Å². The van der Waals surface area contributed by atoms with Gasteiger partial charge in [-0.15, -0.1) is 0 Å². The van der Waals surface area contributed by atoms with Gasteiger partial charge >= 0.3 is 0 Å².